The maximum absolute atomic E-state index is 13.3. The van der Waals surface area contributed by atoms with Crippen molar-refractivity contribution in [2.24, 2.45) is 53.4 Å². The van der Waals surface area contributed by atoms with Crippen LogP contribution < -0.4 is 11.2 Å². The Hall–Kier alpha value is -3.55. The summed E-state index contributed by atoms with van der Waals surface area (Å²) < 4.78 is 8.48. The Bertz CT molecular complexity index is 1870. The maximum Gasteiger partial charge on any atom is 0.338 e. The largest absolute Gasteiger partial charge is 0.458 e. The van der Waals surface area contributed by atoms with E-state index in [9.17, 15) is 14.4 Å². The molecule has 262 valence electrons. The van der Waals surface area contributed by atoms with E-state index in [1.54, 1.807) is 31.3 Å². The normalized spacial score (nSPS) is 31.5. The van der Waals surface area contributed by atoms with Crippen LogP contribution in [-0.4, -0.2) is 31.2 Å². The number of aryl methyl sites for hydroxylation is 1. The molecule has 2 heterocycles. The van der Waals surface area contributed by atoms with Crippen molar-refractivity contribution in [1.29, 1.82) is 0 Å². The number of carbonyl (C=O) groups excluding carboxylic acids is 1. The minimum absolute atomic E-state index is 0.109. The first-order valence-corrected chi connectivity index (χ1v) is 18.9. The summed E-state index contributed by atoms with van der Waals surface area (Å²) in [7, 11) is 1.56. The van der Waals surface area contributed by atoms with Gasteiger partial charge in [-0.3, -0.25) is 9.36 Å². The lowest BCUT2D eigenvalue weighted by molar-refractivity contribution is -0.0594. The van der Waals surface area contributed by atoms with Gasteiger partial charge in [0, 0.05) is 25.9 Å². The van der Waals surface area contributed by atoms with Crippen molar-refractivity contribution in [3.63, 3.8) is 0 Å². The van der Waals surface area contributed by atoms with E-state index in [4.69, 9.17) is 4.74 Å². The molecule has 8 nitrogen and oxygen atoms in total. The van der Waals surface area contributed by atoms with Gasteiger partial charge in [0.15, 0.2) is 11.2 Å². The lowest BCUT2D eigenvalue weighted by Gasteiger charge is -2.58. The number of ether oxygens (including phenoxy) is 1. The van der Waals surface area contributed by atoms with Gasteiger partial charge in [-0.2, -0.15) is 0 Å². The van der Waals surface area contributed by atoms with E-state index in [1.165, 1.54) is 73.9 Å². The zero-order chi connectivity index (χ0) is 34.7. The number of aromatic nitrogens is 4. The fraction of sp³-hybridized carbons (Fsp3) is 0.634. The molecule has 0 saturated heterocycles. The molecule has 0 N–H and O–H groups in total. The van der Waals surface area contributed by atoms with Gasteiger partial charge in [0.1, 0.15) is 6.10 Å². The first-order chi connectivity index (χ1) is 23.4. The van der Waals surface area contributed by atoms with Crippen molar-refractivity contribution in [3.8, 4) is 5.69 Å². The van der Waals surface area contributed by atoms with Gasteiger partial charge in [0.05, 0.1) is 11.3 Å². The third-order valence-electron chi connectivity index (χ3n) is 13.8. The van der Waals surface area contributed by atoms with Crippen LogP contribution in [0.3, 0.4) is 0 Å². The fourth-order valence-electron chi connectivity index (χ4n) is 11.1. The second-order valence-electron chi connectivity index (χ2n) is 16.8. The second kappa shape index (κ2) is 13.0. The zero-order valence-electron chi connectivity index (χ0n) is 30.3. The van der Waals surface area contributed by atoms with E-state index >= 15 is 0 Å². The van der Waals surface area contributed by atoms with E-state index in [1.807, 2.05) is 0 Å². The molecule has 49 heavy (non-hydrogen) atoms. The predicted molar refractivity (Wildman–Crippen MR) is 193 cm³/mol. The molecule has 0 bridgehead atoms. The summed E-state index contributed by atoms with van der Waals surface area (Å²) in [5.41, 5.74) is 2.21. The fourth-order valence-corrected chi connectivity index (χ4v) is 11.1. The van der Waals surface area contributed by atoms with Gasteiger partial charge in [-0.15, -0.1) is 0 Å². The minimum Gasteiger partial charge on any atom is -0.458 e. The highest BCUT2D eigenvalue weighted by Crippen LogP contribution is 2.67. The van der Waals surface area contributed by atoms with Crippen LogP contribution in [-0.2, 0) is 11.8 Å². The standard InChI is InChI=1S/C41H54N4O4/c1-25(2)8-7-9-26(3)32-16-17-33-31-15-12-28-24-30(18-20-40(28,4)34(31)19-21-41(32,33)5)49-38(47)27-10-13-29(14-11-27)45-37(46)35-36(43-23-22-42-35)44(6)39(45)48/h10-14,22-23,25-26,30-34H,7-9,15-21,24H2,1-6H3/t26-,30?,31+,32-,33+,34+,40+,41-/m1/s1. The molecule has 7 rings (SSSR count). The van der Waals surface area contributed by atoms with Crippen molar-refractivity contribution in [3.05, 3.63) is 74.7 Å². The lowest BCUT2D eigenvalue weighted by atomic mass is 9.47. The molecule has 8 heteroatoms. The van der Waals surface area contributed by atoms with E-state index in [0.29, 0.717) is 16.7 Å². The average Bonchev–Trinajstić information content (AvgIpc) is 3.45. The molecular weight excluding hydrogens is 612 g/mol. The summed E-state index contributed by atoms with van der Waals surface area (Å²) in [5, 5.41) is 0. The summed E-state index contributed by atoms with van der Waals surface area (Å²) in [6.07, 6.45) is 18.8. The SMILES string of the molecule is CC(C)CCC[C@@H](C)[C@H]1CC[C@H]2[C@@H]3CC=C4CC(OC(=O)c5ccc(-n6c(=O)c7nccnc7n(C)c6=O)cc5)CC[C@]4(C)[C@H]3CC[C@]12C. The Morgan fingerprint density at radius 3 is 2.47 bits per heavy atom. The molecule has 3 saturated carbocycles. The van der Waals surface area contributed by atoms with Crippen LogP contribution in [0, 0.1) is 46.3 Å². The van der Waals surface area contributed by atoms with Gasteiger partial charge in [-0.05, 0) is 116 Å². The van der Waals surface area contributed by atoms with Crippen LogP contribution in [0.5, 0.6) is 0 Å². The number of nitrogens with zero attached hydrogens (tertiary/aromatic N) is 4. The topological polar surface area (TPSA) is 96.1 Å². The molecule has 0 radical (unpaired) electrons. The predicted octanol–water partition coefficient (Wildman–Crippen LogP) is 8.05. The number of allylic oxidation sites excluding steroid dienone is 1. The molecule has 8 atom stereocenters. The molecule has 0 spiro atoms. The van der Waals surface area contributed by atoms with E-state index < -0.39 is 11.2 Å². The van der Waals surface area contributed by atoms with Crippen LogP contribution in [0.15, 0.2) is 57.9 Å². The Morgan fingerprint density at radius 1 is 0.959 bits per heavy atom. The first kappa shape index (κ1) is 33.9. The second-order valence-corrected chi connectivity index (χ2v) is 16.8. The smallest absolute Gasteiger partial charge is 0.338 e. The molecule has 2 aromatic heterocycles. The van der Waals surface area contributed by atoms with Crippen LogP contribution >= 0.6 is 0 Å². The van der Waals surface area contributed by atoms with Gasteiger partial charge in [0.25, 0.3) is 5.56 Å². The van der Waals surface area contributed by atoms with Gasteiger partial charge < -0.3 is 4.74 Å². The van der Waals surface area contributed by atoms with Crippen LogP contribution in [0.2, 0.25) is 0 Å². The van der Waals surface area contributed by atoms with Crippen LogP contribution in [0.1, 0.15) is 116 Å². The van der Waals surface area contributed by atoms with Crippen LogP contribution in [0.25, 0.3) is 16.9 Å². The Morgan fingerprint density at radius 2 is 1.71 bits per heavy atom. The zero-order valence-corrected chi connectivity index (χ0v) is 30.3. The Kier molecular flexibility index (Phi) is 8.98. The molecule has 4 aliphatic carbocycles. The third kappa shape index (κ3) is 5.81. The maximum atomic E-state index is 13.3. The lowest BCUT2D eigenvalue weighted by Crippen LogP contribution is -2.51. The number of esters is 1. The number of benzene rings is 1. The van der Waals surface area contributed by atoms with E-state index in [2.05, 4.69) is 50.7 Å². The average molecular weight is 667 g/mol. The van der Waals surface area contributed by atoms with Crippen molar-refractivity contribution in [1.82, 2.24) is 19.1 Å². The summed E-state index contributed by atoms with van der Waals surface area (Å²) in [5.74, 6) is 4.44. The van der Waals surface area contributed by atoms with Gasteiger partial charge in [0.2, 0.25) is 0 Å². The van der Waals surface area contributed by atoms with Crippen molar-refractivity contribution in [2.75, 3.05) is 0 Å². The number of fused-ring (bicyclic) bond motifs is 6. The molecule has 1 aromatic carbocycles. The van der Waals surface area contributed by atoms with Crippen molar-refractivity contribution in [2.45, 2.75) is 111 Å². The molecular formula is C41H54N4O4. The van der Waals surface area contributed by atoms with Crippen molar-refractivity contribution >= 4 is 17.1 Å². The summed E-state index contributed by atoms with van der Waals surface area (Å²) in [6, 6.07) is 6.47. The molecule has 3 fully saturated rings. The molecule has 0 aliphatic heterocycles. The Labute approximate surface area is 290 Å². The van der Waals surface area contributed by atoms with Gasteiger partial charge in [-0.1, -0.05) is 65.5 Å². The monoisotopic (exact) mass is 666 g/mol. The van der Waals surface area contributed by atoms with Gasteiger partial charge >= 0.3 is 11.7 Å². The van der Waals surface area contributed by atoms with Crippen molar-refractivity contribution < 1.29 is 9.53 Å². The molecule has 0 amide bonds. The summed E-state index contributed by atoms with van der Waals surface area (Å²) in [6.45, 7) is 12.4. The van der Waals surface area contributed by atoms with E-state index in [0.717, 1.165) is 59.3 Å². The van der Waals surface area contributed by atoms with E-state index in [-0.39, 0.29) is 28.7 Å². The quantitative estimate of drug-likeness (QED) is 0.178. The highest BCUT2D eigenvalue weighted by molar-refractivity contribution is 5.89. The number of hydrogen-bond acceptors (Lipinski definition) is 6. The molecule has 3 aromatic rings. The van der Waals surface area contributed by atoms with Crippen LogP contribution in [0.4, 0.5) is 0 Å². The van der Waals surface area contributed by atoms with Gasteiger partial charge in [-0.25, -0.2) is 24.1 Å². The number of hydrogen-bond donors (Lipinski definition) is 0. The molecule has 4 aliphatic rings. The number of rotatable bonds is 8. The highest BCUT2D eigenvalue weighted by Gasteiger charge is 2.59. The summed E-state index contributed by atoms with van der Waals surface area (Å²) >= 11 is 0. The third-order valence-corrected chi connectivity index (χ3v) is 13.8. The molecule has 1 unspecified atom stereocenters. The summed E-state index contributed by atoms with van der Waals surface area (Å²) in [4.78, 5) is 47.8. The Balaban J connectivity index is 1.01. The first-order valence-electron chi connectivity index (χ1n) is 18.9. The highest BCUT2D eigenvalue weighted by atomic mass is 16.5. The minimum atomic E-state index is -0.545. The number of carbonyl (C=O) groups is 1.